The number of nitrogens with zero attached hydrogens (tertiary/aromatic N) is 4. The number of ether oxygens (including phenoxy) is 1. The Bertz CT molecular complexity index is 798. The highest BCUT2D eigenvalue weighted by molar-refractivity contribution is 5.74. The third-order valence-electron chi connectivity index (χ3n) is 4.63. The van der Waals surface area contributed by atoms with Crippen LogP contribution in [0.25, 0.3) is 11.2 Å². The predicted molar refractivity (Wildman–Crippen MR) is 82.6 cm³/mol. The van der Waals surface area contributed by atoms with Gasteiger partial charge < -0.3 is 29.9 Å². The average molecular weight is 337 g/mol. The summed E-state index contributed by atoms with van der Waals surface area (Å²) in [5, 5.41) is 29.7. The molecule has 24 heavy (non-hydrogen) atoms. The van der Waals surface area contributed by atoms with Crippen LogP contribution >= 0.6 is 0 Å². The quantitative estimate of drug-likeness (QED) is 0.522. The van der Waals surface area contributed by atoms with Crippen molar-refractivity contribution in [2.75, 3.05) is 24.6 Å². The molecule has 10 nitrogen and oxygen atoms in total. The zero-order valence-electron chi connectivity index (χ0n) is 12.9. The molecule has 2 aliphatic heterocycles. The summed E-state index contributed by atoms with van der Waals surface area (Å²) in [5.41, 5.74) is 0.0403. The van der Waals surface area contributed by atoms with Crippen molar-refractivity contribution in [3.8, 4) is 0 Å². The summed E-state index contributed by atoms with van der Waals surface area (Å²) < 4.78 is 7.16. The fourth-order valence-corrected chi connectivity index (χ4v) is 3.38. The molecule has 4 heterocycles. The van der Waals surface area contributed by atoms with Crippen molar-refractivity contribution in [1.29, 1.82) is 0 Å². The van der Waals surface area contributed by atoms with Crippen molar-refractivity contribution >= 4 is 17.1 Å². The first kappa shape index (κ1) is 15.5. The van der Waals surface area contributed by atoms with E-state index in [2.05, 4.69) is 15.0 Å². The average Bonchev–Trinajstić information content (AvgIpc) is 3.27. The molecule has 2 aromatic rings. The Morgan fingerprint density at radius 3 is 2.71 bits per heavy atom. The number of anilines is 1. The number of fused-ring (bicyclic) bond motifs is 1. The van der Waals surface area contributed by atoms with Crippen LogP contribution in [0.5, 0.6) is 0 Å². The molecule has 10 heteroatoms. The number of aromatic nitrogens is 4. The van der Waals surface area contributed by atoms with Crippen LogP contribution < -0.4 is 10.5 Å². The number of aliphatic hydroxyl groups is 3. The molecule has 0 radical (unpaired) electrons. The third-order valence-corrected chi connectivity index (χ3v) is 4.63. The summed E-state index contributed by atoms with van der Waals surface area (Å²) >= 11 is 0. The van der Waals surface area contributed by atoms with E-state index in [1.165, 1.54) is 6.33 Å². The minimum absolute atomic E-state index is 0.150. The molecule has 2 saturated heterocycles. The minimum atomic E-state index is -1.26. The molecule has 4 rings (SSSR count). The molecule has 2 aliphatic rings. The topological polar surface area (TPSA) is 137 Å². The molecule has 0 spiro atoms. The number of nitrogens with one attached hydrogen (secondary N) is 1. The second-order valence-electron chi connectivity index (χ2n) is 6.11. The van der Waals surface area contributed by atoms with Gasteiger partial charge in [-0.05, 0) is 12.8 Å². The van der Waals surface area contributed by atoms with Crippen LogP contribution in [-0.2, 0) is 4.74 Å². The lowest BCUT2D eigenvalue weighted by atomic mass is 10.1. The SMILES string of the molecule is O=c1[nH]cnc2c1nc(N1CCCC1)n2[C@H]1O[C@@H](CO)[C@H](O)[C@@H]1O. The maximum atomic E-state index is 12.1. The first-order chi connectivity index (χ1) is 11.6. The van der Waals surface area contributed by atoms with E-state index in [1.54, 1.807) is 4.57 Å². The van der Waals surface area contributed by atoms with Gasteiger partial charge in [-0.1, -0.05) is 0 Å². The van der Waals surface area contributed by atoms with Crippen LogP contribution in [0.3, 0.4) is 0 Å². The molecule has 0 unspecified atom stereocenters. The largest absolute Gasteiger partial charge is 0.394 e. The normalized spacial score (nSPS) is 30.5. The van der Waals surface area contributed by atoms with Gasteiger partial charge in [-0.2, -0.15) is 0 Å². The molecule has 0 saturated carbocycles. The Labute approximate surface area is 136 Å². The molecular formula is C14H19N5O5. The maximum absolute atomic E-state index is 12.1. The standard InChI is InChI=1S/C14H19N5O5/c20-5-7-9(21)10(22)13(24-7)19-11-8(12(23)16-6-15-11)17-14(19)18-3-1-2-4-18/h6-7,9-10,13,20-22H,1-5H2,(H,15,16,23)/t7-,9-,10-,13-/m0/s1. The number of imidazole rings is 1. The van der Waals surface area contributed by atoms with Gasteiger partial charge >= 0.3 is 0 Å². The van der Waals surface area contributed by atoms with Gasteiger partial charge in [0, 0.05) is 13.1 Å². The van der Waals surface area contributed by atoms with E-state index >= 15 is 0 Å². The lowest BCUT2D eigenvalue weighted by Crippen LogP contribution is -2.34. The van der Waals surface area contributed by atoms with E-state index in [1.807, 2.05) is 4.90 Å². The number of hydrogen-bond acceptors (Lipinski definition) is 8. The highest BCUT2D eigenvalue weighted by atomic mass is 16.6. The second-order valence-corrected chi connectivity index (χ2v) is 6.11. The number of rotatable bonds is 3. The van der Waals surface area contributed by atoms with E-state index in [4.69, 9.17) is 4.74 Å². The van der Waals surface area contributed by atoms with E-state index in [0.717, 1.165) is 25.9 Å². The lowest BCUT2D eigenvalue weighted by Gasteiger charge is -2.23. The molecule has 2 aromatic heterocycles. The third kappa shape index (κ3) is 2.22. The smallest absolute Gasteiger partial charge is 0.278 e. The number of aromatic amines is 1. The number of hydrogen-bond donors (Lipinski definition) is 4. The molecule has 4 N–H and O–H groups in total. The van der Waals surface area contributed by atoms with E-state index < -0.39 is 31.1 Å². The van der Waals surface area contributed by atoms with Crippen molar-refractivity contribution in [3.63, 3.8) is 0 Å². The Morgan fingerprint density at radius 1 is 1.29 bits per heavy atom. The van der Waals surface area contributed by atoms with Crippen LogP contribution in [-0.4, -0.2) is 72.8 Å². The summed E-state index contributed by atoms with van der Waals surface area (Å²) in [6.45, 7) is 1.13. The van der Waals surface area contributed by atoms with Crippen LogP contribution in [0.15, 0.2) is 11.1 Å². The number of H-pyrrole nitrogens is 1. The van der Waals surface area contributed by atoms with Crippen molar-refractivity contribution in [3.05, 3.63) is 16.7 Å². The fourth-order valence-electron chi connectivity index (χ4n) is 3.38. The Morgan fingerprint density at radius 2 is 2.04 bits per heavy atom. The Kier molecular flexibility index (Phi) is 3.76. The summed E-state index contributed by atoms with van der Waals surface area (Å²) in [5.74, 6) is 0.474. The molecule has 4 atom stereocenters. The fraction of sp³-hybridized carbons (Fsp3) is 0.643. The molecule has 0 aliphatic carbocycles. The van der Waals surface area contributed by atoms with Gasteiger partial charge in [-0.25, -0.2) is 9.97 Å². The molecule has 0 bridgehead atoms. The van der Waals surface area contributed by atoms with Gasteiger partial charge in [0.2, 0.25) is 5.95 Å². The Hall–Kier alpha value is -2.01. The molecule has 0 aromatic carbocycles. The number of aliphatic hydroxyl groups excluding tert-OH is 3. The maximum Gasteiger partial charge on any atom is 0.278 e. The minimum Gasteiger partial charge on any atom is -0.394 e. The van der Waals surface area contributed by atoms with Gasteiger partial charge in [0.25, 0.3) is 5.56 Å². The van der Waals surface area contributed by atoms with Crippen LogP contribution in [0.4, 0.5) is 5.95 Å². The monoisotopic (exact) mass is 337 g/mol. The zero-order chi connectivity index (χ0) is 16.8. The summed E-state index contributed by atoms with van der Waals surface area (Å²) in [4.78, 5) is 25.1. The summed E-state index contributed by atoms with van der Waals surface area (Å²) in [7, 11) is 0. The molecule has 130 valence electrons. The first-order valence-electron chi connectivity index (χ1n) is 7.95. The van der Waals surface area contributed by atoms with Crippen LogP contribution in [0.2, 0.25) is 0 Å². The van der Waals surface area contributed by atoms with Gasteiger partial charge in [-0.15, -0.1) is 0 Å². The molecule has 0 amide bonds. The lowest BCUT2D eigenvalue weighted by molar-refractivity contribution is -0.0504. The van der Waals surface area contributed by atoms with E-state index in [0.29, 0.717) is 5.95 Å². The van der Waals surface area contributed by atoms with Crippen LogP contribution in [0.1, 0.15) is 19.1 Å². The van der Waals surface area contributed by atoms with E-state index in [-0.39, 0.29) is 16.7 Å². The van der Waals surface area contributed by atoms with Crippen LogP contribution in [0, 0.1) is 0 Å². The van der Waals surface area contributed by atoms with Gasteiger partial charge in [0.05, 0.1) is 12.9 Å². The Balaban J connectivity index is 1.88. The van der Waals surface area contributed by atoms with Crippen molar-refractivity contribution in [2.45, 2.75) is 37.4 Å². The van der Waals surface area contributed by atoms with Crippen molar-refractivity contribution < 1.29 is 20.1 Å². The van der Waals surface area contributed by atoms with Crippen molar-refractivity contribution in [1.82, 2.24) is 19.5 Å². The first-order valence-corrected chi connectivity index (χ1v) is 7.95. The van der Waals surface area contributed by atoms with Gasteiger partial charge in [0.1, 0.15) is 18.3 Å². The van der Waals surface area contributed by atoms with E-state index in [9.17, 15) is 20.1 Å². The van der Waals surface area contributed by atoms with Gasteiger partial charge in [0.15, 0.2) is 17.4 Å². The highest BCUT2D eigenvalue weighted by Gasteiger charge is 2.45. The molecular weight excluding hydrogens is 318 g/mol. The highest BCUT2D eigenvalue weighted by Crippen LogP contribution is 2.35. The predicted octanol–water partition coefficient (Wildman–Crippen LogP) is -1.67. The second kappa shape index (κ2) is 5.81. The summed E-state index contributed by atoms with van der Waals surface area (Å²) in [6, 6.07) is 0. The molecule has 2 fully saturated rings. The zero-order valence-corrected chi connectivity index (χ0v) is 12.9. The van der Waals surface area contributed by atoms with Crippen molar-refractivity contribution in [2.24, 2.45) is 0 Å². The van der Waals surface area contributed by atoms with Gasteiger partial charge in [-0.3, -0.25) is 9.36 Å². The summed E-state index contributed by atoms with van der Waals surface area (Å²) in [6.07, 6.45) is -1.11.